The zero-order valence-electron chi connectivity index (χ0n) is 66.3. The minimum absolute atomic E-state index is 0.276. The van der Waals surface area contributed by atoms with Crippen molar-refractivity contribution in [3.8, 4) is 149 Å². The Morgan fingerprint density at radius 1 is 0.185 bits per heavy atom. The molecule has 6 heterocycles. The summed E-state index contributed by atoms with van der Waals surface area (Å²) in [6.07, 6.45) is 0. The molecule has 0 saturated heterocycles. The number of nitrogens with zero attached hydrogens (tertiary/aromatic N) is 12. The topological polar surface area (TPSA) is 188 Å². The van der Waals surface area contributed by atoms with Crippen LogP contribution in [0.2, 0.25) is 0 Å². The van der Waals surface area contributed by atoms with Gasteiger partial charge in [0.1, 0.15) is 24.3 Å². The summed E-state index contributed by atoms with van der Waals surface area (Å²) in [5, 5.41) is 73.5. The summed E-state index contributed by atoms with van der Waals surface area (Å²) < 4.78 is 9.33. The van der Waals surface area contributed by atoms with Crippen molar-refractivity contribution in [1.82, 2.24) is 28.2 Å². The van der Waals surface area contributed by atoms with Crippen LogP contribution in [0, 0.1) is 68.0 Å². The number of benzene rings is 16. The van der Waals surface area contributed by atoms with Crippen LogP contribution < -0.4 is 0 Å². The molecular weight excluding hydrogens is 1510 g/mol. The molecule has 0 amide bonds. The molecular formula is C112H64N12. The van der Waals surface area contributed by atoms with Gasteiger partial charge in [-0.25, -0.2) is 9.97 Å². The summed E-state index contributed by atoms with van der Waals surface area (Å²) in [5.41, 5.74) is 25.4. The number of fused-ring (bicyclic) bond motifs is 14. The molecule has 22 aromatic rings. The first-order valence-corrected chi connectivity index (χ1v) is 40.6. The Bertz CT molecular complexity index is 8370. The van der Waals surface area contributed by atoms with Gasteiger partial charge in [-0.05, 0) is 149 Å². The van der Waals surface area contributed by atoms with Crippen LogP contribution in [0.5, 0.6) is 0 Å². The second kappa shape index (κ2) is 30.8. The van der Waals surface area contributed by atoms with Crippen LogP contribution in [0.15, 0.2) is 388 Å². The van der Waals surface area contributed by atoms with Gasteiger partial charge in [0.05, 0.1) is 112 Å². The van der Waals surface area contributed by atoms with Gasteiger partial charge in [0.15, 0.2) is 0 Å². The highest BCUT2D eigenvalue weighted by Gasteiger charge is 2.29. The predicted molar refractivity (Wildman–Crippen MR) is 498 cm³/mol. The molecule has 0 saturated carbocycles. The smallest absolute Gasteiger partial charge is 0.102 e. The molecule has 16 aromatic carbocycles. The number of nitriles is 6. The molecule has 124 heavy (non-hydrogen) atoms. The van der Waals surface area contributed by atoms with E-state index in [1.54, 1.807) is 0 Å². The third-order valence-corrected chi connectivity index (χ3v) is 23.7. The average Bonchev–Trinajstić information content (AvgIpc) is 1.54. The maximum Gasteiger partial charge on any atom is 0.102 e. The van der Waals surface area contributed by atoms with Gasteiger partial charge in [-0.3, -0.25) is 0 Å². The number of rotatable bonds is 12. The van der Waals surface area contributed by atoms with Gasteiger partial charge in [0, 0.05) is 99.2 Å². The van der Waals surface area contributed by atoms with Gasteiger partial charge in [0.25, 0.3) is 0 Å². The highest BCUT2D eigenvalue weighted by molar-refractivity contribution is 6.31. The van der Waals surface area contributed by atoms with E-state index in [4.69, 9.17) is 9.97 Å². The Kier molecular flexibility index (Phi) is 18.3. The van der Waals surface area contributed by atoms with E-state index in [1.807, 2.05) is 182 Å². The number of para-hydroxylation sites is 6. The van der Waals surface area contributed by atoms with Crippen LogP contribution in [0.25, 0.3) is 200 Å². The summed E-state index contributed by atoms with van der Waals surface area (Å²) in [7, 11) is 0. The van der Waals surface area contributed by atoms with Crippen LogP contribution >= 0.6 is 0 Å². The largest absolute Gasteiger partial charge is 0.309 e. The van der Waals surface area contributed by atoms with Crippen LogP contribution in [-0.2, 0) is 0 Å². The van der Waals surface area contributed by atoms with E-state index >= 15 is 0 Å². The standard InChI is InChI=1S/2C56H32N6/c57-33-40-31-39(56-47(35-59)52(36-15-5-1-6-16-36)46(34-58)55(60-56)37-17-7-2-8-18-37)26-27-43(40)38-25-28-45-51(32-38)62(42-21-11-4-12-22-42)50-30-29-49-53(54(45)50)44-23-13-14-24-48(44)61(49)41-19-9-3-10-20-41;57-33-40-31-39(56-47(35-59)52(36-15-5-1-6-16-36)46(34-58)55(60-56)37-17-7-2-8-18-37)25-27-43(40)38-26-28-49-45(32-38)54-51(62(49)42-21-11-4-12-22-42)30-29-50-53(54)44-23-13-14-24-48(44)61(50)41-19-9-3-10-20-41/h2*1-32H. The monoisotopic (exact) mass is 1580 g/mol. The average molecular weight is 1580 g/mol. The van der Waals surface area contributed by atoms with E-state index < -0.39 is 0 Å². The van der Waals surface area contributed by atoms with Crippen LogP contribution in [0.4, 0.5) is 0 Å². The van der Waals surface area contributed by atoms with Crippen molar-refractivity contribution in [3.05, 3.63) is 422 Å². The summed E-state index contributed by atoms with van der Waals surface area (Å²) in [6.45, 7) is 0. The molecule has 572 valence electrons. The van der Waals surface area contributed by atoms with Crippen molar-refractivity contribution in [3.63, 3.8) is 0 Å². The summed E-state index contributed by atoms with van der Waals surface area (Å²) in [5.74, 6) is 0. The fourth-order valence-corrected chi connectivity index (χ4v) is 18.4. The molecule has 6 aromatic heterocycles. The molecule has 0 bridgehead atoms. The first-order valence-electron chi connectivity index (χ1n) is 40.6. The van der Waals surface area contributed by atoms with E-state index in [-0.39, 0.29) is 11.1 Å². The van der Waals surface area contributed by atoms with Crippen LogP contribution in [-0.4, -0.2) is 28.2 Å². The Balaban J connectivity index is 0.000000152. The zero-order chi connectivity index (χ0) is 83.5. The molecule has 12 heteroatoms. The Labute approximate surface area is 712 Å². The Morgan fingerprint density at radius 3 is 0.806 bits per heavy atom. The van der Waals surface area contributed by atoms with Gasteiger partial charge in [-0.1, -0.05) is 273 Å². The zero-order valence-corrected chi connectivity index (χ0v) is 66.3. The number of aromatic nitrogens is 6. The highest BCUT2D eigenvalue weighted by Crippen LogP contribution is 2.49. The van der Waals surface area contributed by atoms with Gasteiger partial charge < -0.3 is 18.3 Å². The van der Waals surface area contributed by atoms with Crippen molar-refractivity contribution in [2.75, 3.05) is 0 Å². The lowest BCUT2D eigenvalue weighted by Crippen LogP contribution is -2.02. The maximum absolute atomic E-state index is 10.8. The molecule has 12 nitrogen and oxygen atoms in total. The van der Waals surface area contributed by atoms with E-state index in [2.05, 4.69) is 261 Å². The maximum atomic E-state index is 10.8. The minimum Gasteiger partial charge on any atom is -0.309 e. The van der Waals surface area contributed by atoms with Gasteiger partial charge in [-0.15, -0.1) is 0 Å². The number of hydrogen-bond donors (Lipinski definition) is 0. The molecule has 0 aliphatic carbocycles. The first kappa shape index (κ1) is 73.6. The summed E-state index contributed by atoms with van der Waals surface area (Å²) in [6, 6.07) is 145. The lowest BCUT2D eigenvalue weighted by Gasteiger charge is -2.16. The second-order valence-corrected chi connectivity index (χ2v) is 30.4. The van der Waals surface area contributed by atoms with E-state index in [0.717, 1.165) is 144 Å². The van der Waals surface area contributed by atoms with Crippen molar-refractivity contribution < 1.29 is 0 Å². The van der Waals surface area contributed by atoms with Gasteiger partial charge in [-0.2, -0.15) is 31.6 Å². The SMILES string of the molecule is N#Cc1cc(-c2nc(-c3ccccc3)c(C#N)c(-c3ccccc3)c2C#N)ccc1-c1ccc2c(c1)c1c3c4ccccc4n(-c4ccccc4)c3ccc1n2-c1ccccc1.N#Cc1cc(-c2nc(-c3ccccc3)c(C#N)c(-c3ccccc3)c2C#N)ccc1-c1ccc2c3c4c5ccccc5n(-c5ccccc5)c4ccc3n(-c3ccccc3)c2c1. The lowest BCUT2D eigenvalue weighted by atomic mass is 9.88. The quantitative estimate of drug-likeness (QED) is 0.115. The lowest BCUT2D eigenvalue weighted by molar-refractivity contribution is 1.17. The minimum atomic E-state index is 0.276. The third kappa shape index (κ3) is 12.1. The predicted octanol–water partition coefficient (Wildman–Crippen LogP) is 27.1. The second-order valence-electron chi connectivity index (χ2n) is 30.4. The fraction of sp³-hybridized carbons (Fsp3) is 0. The number of hydrogen-bond acceptors (Lipinski definition) is 8. The Hall–Kier alpha value is -18.0. The van der Waals surface area contributed by atoms with Crippen molar-refractivity contribution >= 4 is 87.2 Å². The molecule has 0 fully saturated rings. The molecule has 0 aliphatic heterocycles. The normalized spacial score (nSPS) is 11.2. The summed E-state index contributed by atoms with van der Waals surface area (Å²) in [4.78, 5) is 10.1. The van der Waals surface area contributed by atoms with Crippen molar-refractivity contribution in [2.24, 2.45) is 0 Å². The fourth-order valence-electron chi connectivity index (χ4n) is 18.4. The Morgan fingerprint density at radius 2 is 0.452 bits per heavy atom. The third-order valence-electron chi connectivity index (χ3n) is 23.7. The summed E-state index contributed by atoms with van der Waals surface area (Å²) >= 11 is 0. The van der Waals surface area contributed by atoms with Crippen LogP contribution in [0.3, 0.4) is 0 Å². The van der Waals surface area contributed by atoms with Gasteiger partial charge >= 0.3 is 0 Å². The van der Waals surface area contributed by atoms with Crippen LogP contribution in [0.1, 0.15) is 33.4 Å². The molecule has 0 atom stereocenters. The molecule has 0 unspecified atom stereocenters. The van der Waals surface area contributed by atoms with E-state index in [0.29, 0.717) is 67.3 Å². The molecule has 0 spiro atoms. The van der Waals surface area contributed by atoms with Gasteiger partial charge in [0.2, 0.25) is 0 Å². The number of pyridine rings is 2. The molecule has 22 rings (SSSR count). The van der Waals surface area contributed by atoms with E-state index in [9.17, 15) is 31.6 Å². The van der Waals surface area contributed by atoms with Crippen molar-refractivity contribution in [1.29, 1.82) is 31.6 Å². The van der Waals surface area contributed by atoms with Crippen molar-refractivity contribution in [2.45, 2.75) is 0 Å². The molecule has 0 N–H and O–H groups in total. The van der Waals surface area contributed by atoms with E-state index in [1.165, 1.54) is 10.8 Å². The molecule has 0 aliphatic rings. The molecule has 0 radical (unpaired) electrons. The highest BCUT2D eigenvalue weighted by atomic mass is 15.0. The first-order chi connectivity index (χ1) is 61.3.